The van der Waals surface area contributed by atoms with Gasteiger partial charge >= 0.3 is 0 Å². The Bertz CT molecular complexity index is 518. The summed E-state index contributed by atoms with van der Waals surface area (Å²) in [6.07, 6.45) is 2.41. The normalized spacial score (nSPS) is 25.8. The zero-order valence-electron chi connectivity index (χ0n) is 11.0. The average molecular weight is 272 g/mol. The van der Waals surface area contributed by atoms with Crippen molar-refractivity contribution >= 4 is 10.0 Å². The SMILES string of the molecule is Cc1nc(S(=O)(=O)N2CCC(C)C2CN)cn1C. The van der Waals surface area contributed by atoms with Gasteiger partial charge in [-0.15, -0.1) is 0 Å². The largest absolute Gasteiger partial charge is 0.337 e. The van der Waals surface area contributed by atoms with Gasteiger partial charge < -0.3 is 10.3 Å². The Kier molecular flexibility index (Phi) is 3.48. The minimum atomic E-state index is -3.51. The molecule has 18 heavy (non-hydrogen) atoms. The summed E-state index contributed by atoms with van der Waals surface area (Å²) in [7, 11) is -1.73. The van der Waals surface area contributed by atoms with Crippen molar-refractivity contribution in [2.45, 2.75) is 31.3 Å². The topological polar surface area (TPSA) is 81.2 Å². The lowest BCUT2D eigenvalue weighted by Gasteiger charge is -2.23. The highest BCUT2D eigenvalue weighted by Crippen LogP contribution is 2.29. The van der Waals surface area contributed by atoms with E-state index in [1.54, 1.807) is 24.7 Å². The third-order valence-corrected chi connectivity index (χ3v) is 5.53. The number of aromatic nitrogens is 2. The molecule has 2 unspecified atom stereocenters. The summed E-state index contributed by atoms with van der Waals surface area (Å²) in [6.45, 7) is 4.70. The molecule has 0 amide bonds. The Labute approximate surface area is 108 Å². The van der Waals surface area contributed by atoms with Crippen molar-refractivity contribution in [3.8, 4) is 0 Å². The Hall–Kier alpha value is -0.920. The number of aryl methyl sites for hydroxylation is 2. The van der Waals surface area contributed by atoms with E-state index in [-0.39, 0.29) is 11.1 Å². The smallest absolute Gasteiger partial charge is 0.262 e. The van der Waals surface area contributed by atoms with Crippen LogP contribution in [0.3, 0.4) is 0 Å². The standard InChI is InChI=1S/C11H20N4O2S/c1-8-4-5-15(10(8)6-12)18(16,17)11-7-14(3)9(2)13-11/h7-8,10H,4-6,12H2,1-3H3. The van der Waals surface area contributed by atoms with Crippen molar-refractivity contribution in [2.75, 3.05) is 13.1 Å². The molecule has 0 spiro atoms. The zero-order chi connectivity index (χ0) is 13.5. The monoisotopic (exact) mass is 272 g/mol. The quantitative estimate of drug-likeness (QED) is 0.845. The molecule has 0 aliphatic carbocycles. The summed E-state index contributed by atoms with van der Waals surface area (Å²) >= 11 is 0. The first-order valence-corrected chi connectivity index (χ1v) is 7.53. The van der Waals surface area contributed by atoms with E-state index in [1.807, 2.05) is 6.92 Å². The molecule has 2 rings (SSSR count). The fourth-order valence-electron chi connectivity index (χ4n) is 2.39. The number of imidazole rings is 1. The number of nitrogens with two attached hydrogens (primary N) is 1. The van der Waals surface area contributed by atoms with Crippen molar-refractivity contribution in [1.29, 1.82) is 0 Å². The number of rotatable bonds is 3. The van der Waals surface area contributed by atoms with Gasteiger partial charge in [-0.05, 0) is 19.3 Å². The van der Waals surface area contributed by atoms with Gasteiger partial charge in [-0.2, -0.15) is 4.31 Å². The molecule has 7 heteroatoms. The molecule has 6 nitrogen and oxygen atoms in total. The van der Waals surface area contributed by atoms with Crippen LogP contribution in [0.25, 0.3) is 0 Å². The van der Waals surface area contributed by atoms with E-state index in [4.69, 9.17) is 5.73 Å². The Morgan fingerprint density at radius 1 is 1.56 bits per heavy atom. The van der Waals surface area contributed by atoms with E-state index < -0.39 is 10.0 Å². The number of hydrogen-bond donors (Lipinski definition) is 1. The molecule has 0 aromatic carbocycles. The molecule has 102 valence electrons. The molecule has 2 N–H and O–H groups in total. The van der Waals surface area contributed by atoms with Crippen molar-refractivity contribution in [2.24, 2.45) is 18.7 Å². The number of nitrogens with zero attached hydrogens (tertiary/aromatic N) is 3. The van der Waals surface area contributed by atoms with Crippen molar-refractivity contribution in [3.05, 3.63) is 12.0 Å². The predicted octanol–water partition coefficient (Wildman–Crippen LogP) is 0.0863. The van der Waals surface area contributed by atoms with Crippen molar-refractivity contribution in [3.63, 3.8) is 0 Å². The Morgan fingerprint density at radius 2 is 2.22 bits per heavy atom. The first kappa shape index (κ1) is 13.5. The summed E-state index contributed by atoms with van der Waals surface area (Å²) in [4.78, 5) is 4.11. The van der Waals surface area contributed by atoms with Crippen LogP contribution in [0.1, 0.15) is 19.2 Å². The van der Waals surface area contributed by atoms with Crippen molar-refractivity contribution < 1.29 is 8.42 Å². The second kappa shape index (κ2) is 4.64. The molecular formula is C11H20N4O2S. The summed E-state index contributed by atoms with van der Waals surface area (Å²) in [5.74, 6) is 0.986. The molecule has 1 aromatic rings. The van der Waals surface area contributed by atoms with E-state index >= 15 is 0 Å². The van der Waals surface area contributed by atoms with Gasteiger partial charge in [0, 0.05) is 32.4 Å². The third-order valence-electron chi connectivity index (χ3n) is 3.73. The third kappa shape index (κ3) is 2.06. The summed E-state index contributed by atoms with van der Waals surface area (Å²) in [5, 5.41) is 0.120. The summed E-state index contributed by atoms with van der Waals surface area (Å²) < 4.78 is 28.2. The molecule has 2 atom stereocenters. The van der Waals surface area contributed by atoms with Gasteiger partial charge in [-0.25, -0.2) is 13.4 Å². The van der Waals surface area contributed by atoms with E-state index in [0.717, 1.165) is 6.42 Å². The van der Waals surface area contributed by atoms with Crippen LogP contribution in [0.4, 0.5) is 0 Å². The van der Waals surface area contributed by atoms with Crippen LogP contribution < -0.4 is 5.73 Å². The lowest BCUT2D eigenvalue weighted by Crippen LogP contribution is -2.42. The maximum atomic E-state index is 12.5. The fraction of sp³-hybridized carbons (Fsp3) is 0.727. The minimum Gasteiger partial charge on any atom is -0.337 e. The first-order valence-electron chi connectivity index (χ1n) is 6.09. The van der Waals surface area contributed by atoms with Gasteiger partial charge in [0.1, 0.15) is 5.82 Å². The van der Waals surface area contributed by atoms with Gasteiger partial charge in [0.05, 0.1) is 0 Å². The molecule has 1 saturated heterocycles. The second-order valence-electron chi connectivity index (χ2n) is 4.92. The highest BCUT2D eigenvalue weighted by molar-refractivity contribution is 7.89. The lowest BCUT2D eigenvalue weighted by molar-refractivity contribution is 0.353. The van der Waals surface area contributed by atoms with Crippen LogP contribution in [0, 0.1) is 12.8 Å². The number of sulfonamides is 1. The van der Waals surface area contributed by atoms with Gasteiger partial charge in [-0.3, -0.25) is 0 Å². The fourth-order valence-corrected chi connectivity index (χ4v) is 4.17. The van der Waals surface area contributed by atoms with Crippen LogP contribution in [0.2, 0.25) is 0 Å². The van der Waals surface area contributed by atoms with Crippen molar-refractivity contribution in [1.82, 2.24) is 13.9 Å². The average Bonchev–Trinajstić information content (AvgIpc) is 2.84. The summed E-state index contributed by atoms with van der Waals surface area (Å²) in [6, 6.07) is -0.114. The molecule has 1 aromatic heterocycles. The van der Waals surface area contributed by atoms with Crippen LogP contribution in [0.5, 0.6) is 0 Å². The molecule has 0 bridgehead atoms. The van der Waals surface area contributed by atoms with Crippen LogP contribution in [-0.2, 0) is 17.1 Å². The molecule has 1 fully saturated rings. The molecule has 2 heterocycles. The van der Waals surface area contributed by atoms with Crippen LogP contribution in [-0.4, -0.2) is 41.4 Å². The van der Waals surface area contributed by atoms with Crippen LogP contribution in [0.15, 0.2) is 11.2 Å². The zero-order valence-corrected chi connectivity index (χ0v) is 11.8. The minimum absolute atomic E-state index is 0.114. The Morgan fingerprint density at radius 3 is 2.72 bits per heavy atom. The van der Waals surface area contributed by atoms with E-state index in [0.29, 0.717) is 24.8 Å². The van der Waals surface area contributed by atoms with Gasteiger partial charge in [0.2, 0.25) is 0 Å². The lowest BCUT2D eigenvalue weighted by atomic mass is 10.0. The Balaban J connectivity index is 2.37. The molecule has 0 radical (unpaired) electrons. The van der Waals surface area contributed by atoms with E-state index in [9.17, 15) is 8.42 Å². The van der Waals surface area contributed by atoms with Gasteiger partial charge in [-0.1, -0.05) is 6.92 Å². The maximum Gasteiger partial charge on any atom is 0.262 e. The molecule has 0 saturated carbocycles. The predicted molar refractivity (Wildman–Crippen MR) is 68.5 cm³/mol. The highest BCUT2D eigenvalue weighted by atomic mass is 32.2. The highest BCUT2D eigenvalue weighted by Gasteiger charge is 2.39. The maximum absolute atomic E-state index is 12.5. The van der Waals surface area contributed by atoms with Crippen LogP contribution >= 0.6 is 0 Å². The second-order valence-corrected chi connectivity index (χ2v) is 6.76. The van der Waals surface area contributed by atoms with E-state index in [2.05, 4.69) is 4.98 Å². The first-order chi connectivity index (χ1) is 8.37. The van der Waals surface area contributed by atoms with Gasteiger partial charge in [0.25, 0.3) is 10.0 Å². The molecule has 1 aliphatic rings. The van der Waals surface area contributed by atoms with Gasteiger partial charge in [0.15, 0.2) is 5.03 Å². The molecular weight excluding hydrogens is 252 g/mol. The molecule has 1 aliphatic heterocycles. The summed E-state index contributed by atoms with van der Waals surface area (Å²) in [5.41, 5.74) is 5.69. The van der Waals surface area contributed by atoms with E-state index in [1.165, 1.54) is 4.31 Å². The number of hydrogen-bond acceptors (Lipinski definition) is 4.